The van der Waals surface area contributed by atoms with Gasteiger partial charge in [-0.15, -0.1) is 11.3 Å². The molecule has 3 aromatic rings. The van der Waals surface area contributed by atoms with E-state index in [-0.39, 0.29) is 5.91 Å². The quantitative estimate of drug-likeness (QED) is 0.692. The van der Waals surface area contributed by atoms with Crippen molar-refractivity contribution in [3.8, 4) is 10.6 Å². The Morgan fingerprint density at radius 1 is 1.27 bits per heavy atom. The molecule has 4 rings (SSSR count). The number of carbonyl (C=O) groups is 1. The molecule has 0 bridgehead atoms. The molecule has 0 aliphatic carbocycles. The van der Waals surface area contributed by atoms with E-state index >= 15 is 0 Å². The molecule has 0 N–H and O–H groups in total. The number of aromatic nitrogens is 2. The number of thiazole rings is 1. The van der Waals surface area contributed by atoms with Crippen LogP contribution >= 0.6 is 11.3 Å². The standard InChI is InChI=1S/C21H21N3OS/c1-15-11-16-5-2-3-7-19(16)24(13-15)20(25)9-8-18-14-26-21(23-18)17-6-4-10-22-12-17/h2-7,10,12,14-15H,8-9,11,13H2,1H3. The van der Waals surface area contributed by atoms with E-state index in [0.717, 1.165) is 34.9 Å². The molecule has 0 spiro atoms. The van der Waals surface area contributed by atoms with Crippen LogP contribution in [0.15, 0.2) is 54.2 Å². The van der Waals surface area contributed by atoms with Crippen LogP contribution in [0.5, 0.6) is 0 Å². The monoisotopic (exact) mass is 363 g/mol. The lowest BCUT2D eigenvalue weighted by atomic mass is 9.93. The first-order valence-corrected chi connectivity index (χ1v) is 9.82. The van der Waals surface area contributed by atoms with Crippen molar-refractivity contribution < 1.29 is 4.79 Å². The lowest BCUT2D eigenvalue weighted by Crippen LogP contribution is -2.39. The molecule has 1 aliphatic rings. The van der Waals surface area contributed by atoms with Crippen molar-refractivity contribution in [2.45, 2.75) is 26.2 Å². The van der Waals surface area contributed by atoms with Gasteiger partial charge in [-0.25, -0.2) is 4.98 Å². The Labute approximate surface area is 157 Å². The Bertz CT molecular complexity index is 906. The summed E-state index contributed by atoms with van der Waals surface area (Å²) in [5.74, 6) is 0.672. The highest BCUT2D eigenvalue weighted by Crippen LogP contribution is 2.30. The maximum absolute atomic E-state index is 12.8. The van der Waals surface area contributed by atoms with Gasteiger partial charge in [-0.2, -0.15) is 0 Å². The van der Waals surface area contributed by atoms with E-state index in [1.807, 2.05) is 34.7 Å². The number of aryl methyl sites for hydroxylation is 1. The average Bonchev–Trinajstić information content (AvgIpc) is 3.15. The summed E-state index contributed by atoms with van der Waals surface area (Å²) < 4.78 is 0. The fourth-order valence-corrected chi connectivity index (χ4v) is 4.29. The van der Waals surface area contributed by atoms with Gasteiger partial charge in [-0.1, -0.05) is 25.1 Å². The van der Waals surface area contributed by atoms with Gasteiger partial charge in [-0.05, 0) is 42.5 Å². The summed E-state index contributed by atoms with van der Waals surface area (Å²) in [4.78, 5) is 23.6. The molecule has 1 unspecified atom stereocenters. The Morgan fingerprint density at radius 3 is 3.00 bits per heavy atom. The van der Waals surface area contributed by atoms with Gasteiger partial charge in [0.1, 0.15) is 5.01 Å². The summed E-state index contributed by atoms with van der Waals surface area (Å²) in [6.07, 6.45) is 5.77. The Morgan fingerprint density at radius 2 is 2.15 bits per heavy atom. The van der Waals surface area contributed by atoms with Gasteiger partial charge in [0.15, 0.2) is 0 Å². The first-order chi connectivity index (χ1) is 12.7. The zero-order valence-corrected chi connectivity index (χ0v) is 15.6. The van der Waals surface area contributed by atoms with Gasteiger partial charge in [0.05, 0.1) is 5.69 Å². The van der Waals surface area contributed by atoms with Crippen molar-refractivity contribution in [1.82, 2.24) is 9.97 Å². The number of pyridine rings is 1. The van der Waals surface area contributed by atoms with Crippen LogP contribution in [0.1, 0.15) is 24.6 Å². The molecule has 1 amide bonds. The highest BCUT2D eigenvalue weighted by molar-refractivity contribution is 7.13. The van der Waals surface area contributed by atoms with E-state index in [0.29, 0.717) is 18.8 Å². The van der Waals surface area contributed by atoms with Crippen LogP contribution < -0.4 is 4.90 Å². The number of para-hydroxylation sites is 1. The zero-order valence-electron chi connectivity index (χ0n) is 14.8. The van der Waals surface area contributed by atoms with Crippen molar-refractivity contribution >= 4 is 22.9 Å². The molecule has 1 atom stereocenters. The van der Waals surface area contributed by atoms with E-state index < -0.39 is 0 Å². The predicted molar refractivity (Wildman–Crippen MR) is 105 cm³/mol. The zero-order chi connectivity index (χ0) is 17.9. The van der Waals surface area contributed by atoms with Crippen molar-refractivity contribution in [2.24, 2.45) is 5.92 Å². The molecule has 2 aromatic heterocycles. The van der Waals surface area contributed by atoms with Crippen molar-refractivity contribution in [2.75, 3.05) is 11.4 Å². The van der Waals surface area contributed by atoms with Gasteiger partial charge >= 0.3 is 0 Å². The summed E-state index contributed by atoms with van der Waals surface area (Å²) in [6, 6.07) is 12.2. The van der Waals surface area contributed by atoms with E-state index in [1.165, 1.54) is 5.56 Å². The molecular formula is C21H21N3OS. The Kier molecular flexibility index (Phi) is 4.80. The number of amides is 1. The molecule has 1 aromatic carbocycles. The molecule has 0 saturated carbocycles. The van der Waals surface area contributed by atoms with Gasteiger partial charge in [0.25, 0.3) is 0 Å². The third-order valence-electron chi connectivity index (χ3n) is 4.70. The lowest BCUT2D eigenvalue weighted by molar-refractivity contribution is -0.118. The molecule has 3 heterocycles. The first kappa shape index (κ1) is 16.9. The molecule has 1 aliphatic heterocycles. The second-order valence-corrected chi connectivity index (χ2v) is 7.69. The number of nitrogens with zero attached hydrogens (tertiary/aromatic N) is 3. The number of benzene rings is 1. The first-order valence-electron chi connectivity index (χ1n) is 8.94. The summed E-state index contributed by atoms with van der Waals surface area (Å²) in [5, 5.41) is 3.00. The van der Waals surface area contributed by atoms with Crippen molar-refractivity contribution in [3.05, 3.63) is 65.4 Å². The molecule has 5 heteroatoms. The summed E-state index contributed by atoms with van der Waals surface area (Å²) in [7, 11) is 0. The van der Waals surface area contributed by atoms with Gasteiger partial charge in [0, 0.05) is 42.0 Å². The molecule has 0 fully saturated rings. The number of carbonyl (C=O) groups excluding carboxylic acids is 1. The SMILES string of the molecule is CC1Cc2ccccc2N(C(=O)CCc2csc(-c3cccnc3)n2)C1. The minimum Gasteiger partial charge on any atom is -0.312 e. The third-order valence-corrected chi connectivity index (χ3v) is 5.64. The number of hydrogen-bond acceptors (Lipinski definition) is 4. The van der Waals surface area contributed by atoms with Crippen LogP contribution in [-0.2, 0) is 17.6 Å². The van der Waals surface area contributed by atoms with Crippen LogP contribution in [0.25, 0.3) is 10.6 Å². The minimum absolute atomic E-state index is 0.180. The number of fused-ring (bicyclic) bond motifs is 1. The summed E-state index contributed by atoms with van der Waals surface area (Å²) in [6.45, 7) is 3.00. The molecule has 26 heavy (non-hydrogen) atoms. The number of hydrogen-bond donors (Lipinski definition) is 0. The molecular weight excluding hydrogens is 342 g/mol. The van der Waals surface area contributed by atoms with E-state index in [9.17, 15) is 4.79 Å². The summed E-state index contributed by atoms with van der Waals surface area (Å²) >= 11 is 1.60. The van der Waals surface area contributed by atoms with Crippen LogP contribution in [0.2, 0.25) is 0 Å². The maximum atomic E-state index is 12.8. The Balaban J connectivity index is 1.44. The number of rotatable bonds is 4. The largest absolute Gasteiger partial charge is 0.312 e. The topological polar surface area (TPSA) is 46.1 Å². The van der Waals surface area contributed by atoms with Crippen LogP contribution in [-0.4, -0.2) is 22.4 Å². The number of anilines is 1. The van der Waals surface area contributed by atoms with Crippen molar-refractivity contribution in [1.29, 1.82) is 0 Å². The second-order valence-electron chi connectivity index (χ2n) is 6.83. The van der Waals surface area contributed by atoms with Crippen LogP contribution in [0, 0.1) is 5.92 Å². The normalized spacial score (nSPS) is 16.3. The van der Waals surface area contributed by atoms with Gasteiger partial charge in [0.2, 0.25) is 5.91 Å². The maximum Gasteiger partial charge on any atom is 0.227 e. The van der Waals surface area contributed by atoms with E-state index in [1.54, 1.807) is 17.5 Å². The highest BCUT2D eigenvalue weighted by atomic mass is 32.1. The summed E-state index contributed by atoms with van der Waals surface area (Å²) in [5.41, 5.74) is 4.34. The smallest absolute Gasteiger partial charge is 0.227 e. The fourth-order valence-electron chi connectivity index (χ4n) is 3.45. The average molecular weight is 363 g/mol. The molecule has 4 nitrogen and oxygen atoms in total. The van der Waals surface area contributed by atoms with Crippen LogP contribution in [0.4, 0.5) is 5.69 Å². The minimum atomic E-state index is 0.180. The van der Waals surface area contributed by atoms with Crippen LogP contribution in [0.3, 0.4) is 0 Å². The van der Waals surface area contributed by atoms with Gasteiger partial charge < -0.3 is 4.90 Å². The van der Waals surface area contributed by atoms with E-state index in [2.05, 4.69) is 35.1 Å². The van der Waals surface area contributed by atoms with Crippen molar-refractivity contribution in [3.63, 3.8) is 0 Å². The second kappa shape index (κ2) is 7.38. The third kappa shape index (κ3) is 3.53. The molecule has 0 saturated heterocycles. The highest BCUT2D eigenvalue weighted by Gasteiger charge is 2.25. The lowest BCUT2D eigenvalue weighted by Gasteiger charge is -2.33. The van der Waals surface area contributed by atoms with E-state index in [4.69, 9.17) is 0 Å². The fraction of sp³-hybridized carbons (Fsp3) is 0.286. The van der Waals surface area contributed by atoms with Gasteiger partial charge in [-0.3, -0.25) is 9.78 Å². The molecule has 0 radical (unpaired) electrons. The molecule has 132 valence electrons. The predicted octanol–water partition coefficient (Wildman–Crippen LogP) is 4.36. The Hall–Kier alpha value is -2.53.